The molecule has 0 N–H and O–H groups in total. The van der Waals surface area contributed by atoms with Gasteiger partial charge >= 0.3 is 5.97 Å². The fourth-order valence-corrected chi connectivity index (χ4v) is 2.50. The van der Waals surface area contributed by atoms with E-state index in [1.165, 1.54) is 6.07 Å². The van der Waals surface area contributed by atoms with Crippen LogP contribution in [0.15, 0.2) is 21.1 Å². The van der Waals surface area contributed by atoms with Crippen molar-refractivity contribution in [1.82, 2.24) is 0 Å². The Morgan fingerprint density at radius 2 is 2.06 bits per heavy atom. The van der Waals surface area contributed by atoms with E-state index in [-0.39, 0.29) is 18.7 Å². The molecule has 0 atom stereocenters. The predicted octanol–water partition coefficient (Wildman–Crippen LogP) is 3.23. The van der Waals surface area contributed by atoms with E-state index in [4.69, 9.17) is 4.74 Å². The maximum absolute atomic E-state index is 11.3. The summed E-state index contributed by atoms with van der Waals surface area (Å²) in [5.41, 5.74) is 0.450. The highest BCUT2D eigenvalue weighted by molar-refractivity contribution is 9.11. The summed E-state index contributed by atoms with van der Waals surface area (Å²) in [5.74, 6) is -0.412. The topological polar surface area (TPSA) is 69.4 Å². The number of halogens is 2. The number of carbonyl (C=O) groups is 1. The van der Waals surface area contributed by atoms with Crippen molar-refractivity contribution in [2.75, 3.05) is 6.61 Å². The van der Waals surface area contributed by atoms with Gasteiger partial charge in [0.1, 0.15) is 0 Å². The lowest BCUT2D eigenvalue weighted by Crippen LogP contribution is -2.08. The lowest BCUT2D eigenvalue weighted by atomic mass is 10.1. The summed E-state index contributed by atoms with van der Waals surface area (Å²) in [7, 11) is 0. The van der Waals surface area contributed by atoms with Crippen LogP contribution in [0, 0.1) is 10.1 Å². The normalized spacial score (nSPS) is 10.1. The first-order valence-corrected chi connectivity index (χ1v) is 6.32. The van der Waals surface area contributed by atoms with Crippen molar-refractivity contribution in [3.05, 3.63) is 36.8 Å². The van der Waals surface area contributed by atoms with Crippen LogP contribution in [-0.4, -0.2) is 17.5 Å². The maximum atomic E-state index is 11.3. The minimum atomic E-state index is -0.509. The lowest BCUT2D eigenvalue weighted by molar-refractivity contribution is -0.385. The Hall–Kier alpha value is -0.950. The van der Waals surface area contributed by atoms with E-state index in [2.05, 4.69) is 31.9 Å². The maximum Gasteiger partial charge on any atom is 0.310 e. The summed E-state index contributed by atoms with van der Waals surface area (Å²) in [6.07, 6.45) is 0.00252. The Labute approximate surface area is 115 Å². The number of esters is 1. The molecule has 0 aromatic heterocycles. The van der Waals surface area contributed by atoms with Crippen LogP contribution in [0.1, 0.15) is 12.5 Å². The van der Waals surface area contributed by atoms with E-state index in [1.807, 2.05) is 0 Å². The molecule has 7 heteroatoms. The number of benzene rings is 1. The molecule has 92 valence electrons. The molecule has 0 amide bonds. The van der Waals surface area contributed by atoms with Crippen molar-refractivity contribution in [1.29, 1.82) is 0 Å². The van der Waals surface area contributed by atoms with Gasteiger partial charge in [-0.15, -0.1) is 0 Å². The first kappa shape index (κ1) is 14.1. The van der Waals surface area contributed by atoms with E-state index in [0.717, 1.165) is 0 Å². The Kier molecular flexibility index (Phi) is 5.07. The van der Waals surface area contributed by atoms with E-state index in [1.54, 1.807) is 13.0 Å². The molecule has 0 aliphatic carbocycles. The van der Waals surface area contributed by atoms with Crippen LogP contribution in [0.4, 0.5) is 5.69 Å². The molecule has 0 aliphatic rings. The second-order valence-electron chi connectivity index (χ2n) is 3.13. The van der Waals surface area contributed by atoms with Gasteiger partial charge < -0.3 is 4.74 Å². The van der Waals surface area contributed by atoms with Gasteiger partial charge in [0.05, 0.1) is 22.4 Å². The molecule has 1 rings (SSSR count). The van der Waals surface area contributed by atoms with Crippen molar-refractivity contribution < 1.29 is 14.5 Å². The zero-order valence-electron chi connectivity index (χ0n) is 8.91. The molecule has 0 heterocycles. The van der Waals surface area contributed by atoms with Crippen LogP contribution in [0.3, 0.4) is 0 Å². The SMILES string of the molecule is CCOC(=O)Cc1cc([N+](=O)[O-])c(Br)cc1Br. The lowest BCUT2D eigenvalue weighted by Gasteiger charge is -2.05. The van der Waals surface area contributed by atoms with E-state index >= 15 is 0 Å². The summed E-state index contributed by atoms with van der Waals surface area (Å²) in [4.78, 5) is 21.5. The van der Waals surface area contributed by atoms with Gasteiger partial charge in [0.15, 0.2) is 0 Å². The third kappa shape index (κ3) is 3.78. The number of hydrogen-bond acceptors (Lipinski definition) is 4. The first-order chi connectivity index (χ1) is 7.95. The van der Waals surface area contributed by atoms with Gasteiger partial charge in [-0.2, -0.15) is 0 Å². The second-order valence-corrected chi connectivity index (χ2v) is 4.84. The molecule has 1 aromatic rings. The third-order valence-electron chi connectivity index (χ3n) is 1.95. The molecule has 1 aromatic carbocycles. The van der Waals surface area contributed by atoms with Crippen LogP contribution in [-0.2, 0) is 16.0 Å². The Bertz CT molecular complexity index is 462. The quantitative estimate of drug-likeness (QED) is 0.466. The van der Waals surface area contributed by atoms with Crippen molar-refractivity contribution in [2.24, 2.45) is 0 Å². The van der Waals surface area contributed by atoms with E-state index in [0.29, 0.717) is 14.5 Å². The molecule has 0 radical (unpaired) electrons. The Balaban J connectivity index is 3.03. The van der Waals surface area contributed by atoms with Crippen LogP contribution >= 0.6 is 31.9 Å². The van der Waals surface area contributed by atoms with E-state index in [9.17, 15) is 14.9 Å². The Morgan fingerprint density at radius 1 is 1.41 bits per heavy atom. The van der Waals surface area contributed by atoms with Crippen LogP contribution in [0.25, 0.3) is 0 Å². The number of carbonyl (C=O) groups excluding carboxylic acids is 1. The van der Waals surface area contributed by atoms with Gasteiger partial charge in [0.25, 0.3) is 5.69 Å². The summed E-state index contributed by atoms with van der Waals surface area (Å²) in [6, 6.07) is 2.90. The average molecular weight is 367 g/mol. The molecule has 17 heavy (non-hydrogen) atoms. The van der Waals surface area contributed by atoms with Gasteiger partial charge in [-0.1, -0.05) is 15.9 Å². The highest BCUT2D eigenvalue weighted by atomic mass is 79.9. The zero-order chi connectivity index (χ0) is 13.0. The fourth-order valence-electron chi connectivity index (χ4n) is 1.22. The zero-order valence-corrected chi connectivity index (χ0v) is 12.1. The summed E-state index contributed by atoms with van der Waals surface area (Å²) < 4.78 is 5.78. The van der Waals surface area contributed by atoms with Gasteiger partial charge in [0, 0.05) is 10.5 Å². The highest BCUT2D eigenvalue weighted by Gasteiger charge is 2.17. The monoisotopic (exact) mass is 365 g/mol. The standard InChI is InChI=1S/C10H9Br2NO4/c1-2-17-10(14)4-6-3-9(13(15)16)8(12)5-7(6)11/h3,5H,2,4H2,1H3. The number of hydrogen-bond donors (Lipinski definition) is 0. The highest BCUT2D eigenvalue weighted by Crippen LogP contribution is 2.31. The van der Waals surface area contributed by atoms with Crippen molar-refractivity contribution in [2.45, 2.75) is 13.3 Å². The van der Waals surface area contributed by atoms with Gasteiger partial charge in [0.2, 0.25) is 0 Å². The molecular formula is C10H9Br2NO4. The third-order valence-corrected chi connectivity index (χ3v) is 3.33. The molecule has 0 saturated carbocycles. The Morgan fingerprint density at radius 3 is 2.59 bits per heavy atom. The fraction of sp³-hybridized carbons (Fsp3) is 0.300. The minimum Gasteiger partial charge on any atom is -0.466 e. The molecule has 0 unspecified atom stereocenters. The summed E-state index contributed by atoms with van der Waals surface area (Å²) >= 11 is 6.34. The smallest absolute Gasteiger partial charge is 0.310 e. The van der Waals surface area contributed by atoms with Crippen LogP contribution in [0.5, 0.6) is 0 Å². The van der Waals surface area contributed by atoms with Gasteiger partial charge in [-0.3, -0.25) is 14.9 Å². The molecule has 0 bridgehead atoms. The number of nitrogens with zero attached hydrogens (tertiary/aromatic N) is 1. The van der Waals surface area contributed by atoms with Gasteiger partial charge in [-0.25, -0.2) is 0 Å². The van der Waals surface area contributed by atoms with Crippen molar-refractivity contribution in [3.63, 3.8) is 0 Å². The molecule has 0 fully saturated rings. The van der Waals surface area contributed by atoms with Crippen LogP contribution < -0.4 is 0 Å². The molecule has 0 saturated heterocycles. The molecular weight excluding hydrogens is 358 g/mol. The number of ether oxygens (including phenoxy) is 1. The number of nitro benzene ring substituents is 1. The van der Waals surface area contributed by atoms with Crippen molar-refractivity contribution in [3.8, 4) is 0 Å². The molecule has 0 spiro atoms. The largest absolute Gasteiger partial charge is 0.466 e. The molecule has 0 aliphatic heterocycles. The molecule has 5 nitrogen and oxygen atoms in total. The van der Waals surface area contributed by atoms with E-state index < -0.39 is 10.9 Å². The number of nitro groups is 1. The van der Waals surface area contributed by atoms with Crippen molar-refractivity contribution >= 4 is 43.5 Å². The summed E-state index contributed by atoms with van der Waals surface area (Å²) in [6.45, 7) is 1.99. The average Bonchev–Trinajstić information content (AvgIpc) is 2.21. The number of rotatable bonds is 4. The van der Waals surface area contributed by atoms with Crippen LogP contribution in [0.2, 0.25) is 0 Å². The first-order valence-electron chi connectivity index (χ1n) is 4.73. The van der Waals surface area contributed by atoms with Gasteiger partial charge in [-0.05, 0) is 34.5 Å². The predicted molar refractivity (Wildman–Crippen MR) is 68.8 cm³/mol. The second kappa shape index (κ2) is 6.11. The minimum absolute atomic E-state index is 0.00252. The summed E-state index contributed by atoms with van der Waals surface area (Å²) in [5, 5.41) is 10.7.